The zero-order valence-corrected chi connectivity index (χ0v) is 15.2. The van der Waals surface area contributed by atoms with Gasteiger partial charge in [0.2, 0.25) is 0 Å². The number of hydrogen-bond donors (Lipinski definition) is 2. The lowest BCUT2D eigenvalue weighted by molar-refractivity contribution is -0.958. The number of nitrogens with zero attached hydrogens (tertiary/aromatic N) is 2. The molecule has 5 rings (SSSR count). The quantitative estimate of drug-likeness (QED) is 0.562. The number of nitrogens with one attached hydrogen (secondary N) is 1. The molecule has 4 aromatic rings. The van der Waals surface area contributed by atoms with E-state index >= 15 is 0 Å². The third-order valence-electron chi connectivity index (χ3n) is 5.19. The van der Waals surface area contributed by atoms with E-state index in [4.69, 9.17) is 4.98 Å². The first-order valence-electron chi connectivity index (χ1n) is 9.09. The number of imidazole rings is 1. The van der Waals surface area contributed by atoms with E-state index in [0.29, 0.717) is 0 Å². The van der Waals surface area contributed by atoms with Gasteiger partial charge in [0.25, 0.3) is 0 Å². The summed E-state index contributed by atoms with van der Waals surface area (Å²) in [6.07, 6.45) is 0. The molecule has 4 nitrogen and oxygen atoms in total. The van der Waals surface area contributed by atoms with Gasteiger partial charge in [-0.25, -0.2) is 9.37 Å². The smallest absolute Gasteiger partial charge is 0.195 e. The van der Waals surface area contributed by atoms with Crippen molar-refractivity contribution in [2.45, 2.75) is 6.54 Å². The number of thiazole rings is 1. The fraction of sp³-hybridized carbons (Fsp3) is 0.250. The van der Waals surface area contributed by atoms with E-state index in [1.165, 1.54) is 41.1 Å². The van der Waals surface area contributed by atoms with Gasteiger partial charge in [0.05, 0.1) is 15.9 Å². The number of quaternary nitrogens is 2. The number of nitrogens with two attached hydrogens (primary N) is 1. The Labute approximate surface area is 154 Å². The molecule has 2 aromatic carbocycles. The molecule has 2 aromatic heterocycles. The van der Waals surface area contributed by atoms with Crippen LogP contribution in [-0.2, 0) is 6.54 Å². The van der Waals surface area contributed by atoms with Crippen molar-refractivity contribution in [3.8, 4) is 11.3 Å². The summed E-state index contributed by atoms with van der Waals surface area (Å²) in [6, 6.07) is 15.2. The highest BCUT2D eigenvalue weighted by atomic mass is 32.1. The van der Waals surface area contributed by atoms with E-state index in [2.05, 4.69) is 34.0 Å². The van der Waals surface area contributed by atoms with Gasteiger partial charge in [-0.2, -0.15) is 0 Å². The molecule has 26 heavy (non-hydrogen) atoms. The molecular formula is C20H21FN4S+2. The minimum absolute atomic E-state index is 0.209. The second kappa shape index (κ2) is 6.46. The van der Waals surface area contributed by atoms with E-state index in [9.17, 15) is 4.39 Å². The van der Waals surface area contributed by atoms with Crippen molar-refractivity contribution < 1.29 is 14.6 Å². The number of fused-ring (bicyclic) bond motifs is 3. The molecule has 1 aliphatic rings. The number of piperazine rings is 1. The molecule has 0 saturated carbocycles. The first kappa shape index (κ1) is 15.9. The standard InChI is InChI=1S/C20H19FN4S/c21-15-7-5-14(6-8-15)19-17(13-24-11-9-22-10-12-24)25-16-3-1-2-4-18(16)26-20(25)23-19/h1-8,22H,9-13H2/p+2. The SMILES string of the molecule is Fc1ccc(-c2nc3sc4ccccc4n3c2C[NH+]2CC[NH2+]CC2)cc1. The Balaban J connectivity index is 1.70. The predicted octanol–water partition coefficient (Wildman–Crippen LogP) is 1.32. The van der Waals surface area contributed by atoms with Gasteiger partial charge < -0.3 is 10.2 Å². The lowest BCUT2D eigenvalue weighted by Gasteiger charge is -2.22. The lowest BCUT2D eigenvalue weighted by atomic mass is 10.1. The third-order valence-corrected chi connectivity index (χ3v) is 6.21. The Bertz CT molecular complexity index is 1060. The zero-order chi connectivity index (χ0) is 17.5. The Kier molecular flexibility index (Phi) is 3.96. The molecule has 3 N–H and O–H groups in total. The first-order chi connectivity index (χ1) is 12.8. The van der Waals surface area contributed by atoms with Crippen molar-refractivity contribution in [3.05, 3.63) is 60.0 Å². The van der Waals surface area contributed by atoms with Crippen LogP contribution in [0.4, 0.5) is 4.39 Å². The van der Waals surface area contributed by atoms with Crippen LogP contribution in [0.2, 0.25) is 0 Å². The molecule has 0 aliphatic carbocycles. The topological polar surface area (TPSA) is 38.4 Å². The molecule has 0 spiro atoms. The second-order valence-corrected chi connectivity index (χ2v) is 7.90. The summed E-state index contributed by atoms with van der Waals surface area (Å²) in [5.41, 5.74) is 4.43. The van der Waals surface area contributed by atoms with Crippen molar-refractivity contribution >= 4 is 26.5 Å². The normalized spacial score (nSPS) is 15.9. The van der Waals surface area contributed by atoms with Gasteiger partial charge >= 0.3 is 0 Å². The summed E-state index contributed by atoms with van der Waals surface area (Å²) >= 11 is 1.72. The van der Waals surface area contributed by atoms with Crippen LogP contribution >= 0.6 is 11.3 Å². The Hall–Kier alpha value is -2.28. The van der Waals surface area contributed by atoms with Gasteiger partial charge in [0.15, 0.2) is 4.96 Å². The van der Waals surface area contributed by atoms with E-state index in [-0.39, 0.29) is 5.82 Å². The maximum Gasteiger partial charge on any atom is 0.195 e. The zero-order valence-electron chi connectivity index (χ0n) is 14.4. The molecule has 0 atom stereocenters. The van der Waals surface area contributed by atoms with Crippen molar-refractivity contribution in [1.82, 2.24) is 9.38 Å². The van der Waals surface area contributed by atoms with Crippen LogP contribution < -0.4 is 10.2 Å². The average molecular weight is 368 g/mol. The third kappa shape index (κ3) is 2.70. The molecule has 0 radical (unpaired) electrons. The van der Waals surface area contributed by atoms with Crippen molar-refractivity contribution in [2.75, 3.05) is 26.2 Å². The van der Waals surface area contributed by atoms with Crippen LogP contribution in [0.1, 0.15) is 5.69 Å². The molecule has 0 bridgehead atoms. The molecule has 1 fully saturated rings. The first-order valence-corrected chi connectivity index (χ1v) is 9.91. The minimum atomic E-state index is -0.209. The van der Waals surface area contributed by atoms with Crippen LogP contribution in [-0.4, -0.2) is 35.6 Å². The molecule has 132 valence electrons. The van der Waals surface area contributed by atoms with Crippen LogP contribution in [0.5, 0.6) is 0 Å². The van der Waals surface area contributed by atoms with Crippen LogP contribution in [0.3, 0.4) is 0 Å². The summed E-state index contributed by atoms with van der Waals surface area (Å²) in [5, 5.41) is 2.39. The van der Waals surface area contributed by atoms with Crippen molar-refractivity contribution in [2.24, 2.45) is 0 Å². The summed E-state index contributed by atoms with van der Waals surface area (Å²) in [6.45, 7) is 5.62. The number of benzene rings is 2. The molecule has 6 heteroatoms. The maximum absolute atomic E-state index is 13.4. The summed E-state index contributed by atoms with van der Waals surface area (Å²) in [4.78, 5) is 7.56. The average Bonchev–Trinajstić information content (AvgIpc) is 3.20. The highest BCUT2D eigenvalue weighted by molar-refractivity contribution is 7.23. The van der Waals surface area contributed by atoms with Gasteiger partial charge in [-0.1, -0.05) is 23.5 Å². The van der Waals surface area contributed by atoms with Crippen LogP contribution in [0.15, 0.2) is 48.5 Å². The summed E-state index contributed by atoms with van der Waals surface area (Å²) in [5.74, 6) is -0.209. The summed E-state index contributed by atoms with van der Waals surface area (Å²) in [7, 11) is 0. The molecule has 1 saturated heterocycles. The van der Waals surface area contributed by atoms with E-state index in [1.54, 1.807) is 16.2 Å². The van der Waals surface area contributed by atoms with E-state index < -0.39 is 0 Å². The largest absolute Gasteiger partial charge is 0.337 e. The van der Waals surface area contributed by atoms with Crippen molar-refractivity contribution in [3.63, 3.8) is 0 Å². The fourth-order valence-electron chi connectivity index (χ4n) is 3.87. The fourth-order valence-corrected chi connectivity index (χ4v) is 4.92. The molecule has 1 aliphatic heterocycles. The molecule has 3 heterocycles. The number of aromatic nitrogens is 2. The number of halogens is 1. The second-order valence-electron chi connectivity index (χ2n) is 6.89. The monoisotopic (exact) mass is 368 g/mol. The van der Waals surface area contributed by atoms with Crippen molar-refractivity contribution in [1.29, 1.82) is 0 Å². The number of hydrogen-bond acceptors (Lipinski definition) is 2. The molecule has 0 amide bonds. The van der Waals surface area contributed by atoms with Crippen LogP contribution in [0, 0.1) is 5.82 Å². The molecule has 0 unspecified atom stereocenters. The Morgan fingerprint density at radius 2 is 1.85 bits per heavy atom. The van der Waals surface area contributed by atoms with Gasteiger partial charge in [-0.15, -0.1) is 0 Å². The maximum atomic E-state index is 13.4. The number of rotatable bonds is 3. The number of para-hydroxylation sites is 1. The van der Waals surface area contributed by atoms with Gasteiger partial charge in [0, 0.05) is 5.56 Å². The van der Waals surface area contributed by atoms with E-state index in [0.717, 1.165) is 35.9 Å². The predicted molar refractivity (Wildman–Crippen MR) is 102 cm³/mol. The van der Waals surface area contributed by atoms with Crippen LogP contribution in [0.25, 0.3) is 26.4 Å². The van der Waals surface area contributed by atoms with Gasteiger partial charge in [0.1, 0.15) is 44.2 Å². The van der Waals surface area contributed by atoms with Gasteiger partial charge in [-0.3, -0.25) is 4.40 Å². The highest BCUT2D eigenvalue weighted by Gasteiger charge is 2.24. The van der Waals surface area contributed by atoms with E-state index in [1.807, 2.05) is 12.1 Å². The Morgan fingerprint density at radius 3 is 2.65 bits per heavy atom. The van der Waals surface area contributed by atoms with Gasteiger partial charge in [-0.05, 0) is 36.4 Å². The lowest BCUT2D eigenvalue weighted by Crippen LogP contribution is -3.19. The minimum Gasteiger partial charge on any atom is -0.337 e. The Morgan fingerprint density at radius 1 is 1.08 bits per heavy atom. The summed E-state index contributed by atoms with van der Waals surface area (Å²) < 4.78 is 17.0. The highest BCUT2D eigenvalue weighted by Crippen LogP contribution is 2.32. The molecular weight excluding hydrogens is 347 g/mol.